The molecule has 4 rings (SSSR count). The maximum atomic E-state index is 11.9. The summed E-state index contributed by atoms with van der Waals surface area (Å²) in [6, 6.07) is 6.28. The van der Waals surface area contributed by atoms with E-state index in [1.165, 1.54) is 0 Å². The number of carbonyl (C=O) groups is 1. The lowest BCUT2D eigenvalue weighted by Gasteiger charge is -2.34. The van der Waals surface area contributed by atoms with E-state index in [9.17, 15) is 4.79 Å². The highest BCUT2D eigenvalue weighted by atomic mass is 32.1. The Morgan fingerprint density at radius 3 is 2.86 bits per heavy atom. The van der Waals surface area contributed by atoms with Gasteiger partial charge in [-0.1, -0.05) is 6.07 Å². The van der Waals surface area contributed by atoms with E-state index in [-0.39, 0.29) is 11.9 Å². The average Bonchev–Trinajstić information content (AvgIpc) is 3.16. The van der Waals surface area contributed by atoms with Gasteiger partial charge < -0.3 is 10.2 Å². The van der Waals surface area contributed by atoms with Gasteiger partial charge in [0.05, 0.1) is 34.2 Å². The molecule has 3 heterocycles. The predicted molar refractivity (Wildman–Crippen MR) is 110 cm³/mol. The molecule has 1 aliphatic rings. The second-order valence-electron chi connectivity index (χ2n) is 7.16. The van der Waals surface area contributed by atoms with Gasteiger partial charge in [0.1, 0.15) is 0 Å². The summed E-state index contributed by atoms with van der Waals surface area (Å²) in [6.45, 7) is 7.51. The lowest BCUT2D eigenvalue weighted by Crippen LogP contribution is -2.50. The first-order valence-electron chi connectivity index (χ1n) is 9.38. The largest absolute Gasteiger partial charge is 0.353 e. The fourth-order valence-electron chi connectivity index (χ4n) is 3.26. The van der Waals surface area contributed by atoms with E-state index in [0.717, 1.165) is 47.7 Å². The van der Waals surface area contributed by atoms with Gasteiger partial charge in [0.15, 0.2) is 0 Å². The van der Waals surface area contributed by atoms with Gasteiger partial charge in [-0.2, -0.15) is 5.10 Å². The topological polar surface area (TPSA) is 87.1 Å². The third-order valence-corrected chi connectivity index (χ3v) is 5.44. The number of nitrogens with one attached hydrogen (secondary N) is 1. The van der Waals surface area contributed by atoms with Crippen LogP contribution < -0.4 is 10.2 Å². The zero-order valence-corrected chi connectivity index (χ0v) is 16.8. The quantitative estimate of drug-likeness (QED) is 0.702. The minimum Gasteiger partial charge on any atom is -0.353 e. The summed E-state index contributed by atoms with van der Waals surface area (Å²) in [4.78, 5) is 25.3. The molecule has 0 radical (unpaired) electrons. The van der Waals surface area contributed by atoms with Crippen LogP contribution in [0.25, 0.3) is 21.5 Å². The second-order valence-corrected chi connectivity index (χ2v) is 8.05. The summed E-state index contributed by atoms with van der Waals surface area (Å²) in [5.74, 6) is 0.704. The number of piperazine rings is 1. The van der Waals surface area contributed by atoms with Crippen LogP contribution in [0.15, 0.2) is 29.9 Å². The molecule has 146 valence electrons. The highest BCUT2D eigenvalue weighted by Gasteiger charge is 2.21. The Labute approximate surface area is 167 Å². The first-order valence-corrected chi connectivity index (χ1v) is 10.3. The van der Waals surface area contributed by atoms with Crippen molar-refractivity contribution < 1.29 is 4.79 Å². The Morgan fingerprint density at radius 2 is 2.07 bits per heavy atom. The maximum absolute atomic E-state index is 11.9. The molecule has 0 unspecified atom stereocenters. The van der Waals surface area contributed by atoms with E-state index < -0.39 is 0 Å². The standard InChI is InChI=1S/C19H23N7OS/c1-13(2)22-18(27)11-25-5-7-26(8-6-25)19-23-16(10-21-24-19)14-3-4-15-17(9-14)28-12-20-15/h3-4,9-10,12-13H,5-8,11H2,1-2H3,(H,22,27). The van der Waals surface area contributed by atoms with Crippen molar-refractivity contribution in [3.63, 3.8) is 0 Å². The van der Waals surface area contributed by atoms with Crippen molar-refractivity contribution in [2.75, 3.05) is 37.6 Å². The molecule has 1 amide bonds. The van der Waals surface area contributed by atoms with Crippen LogP contribution in [0.2, 0.25) is 0 Å². The van der Waals surface area contributed by atoms with Crippen LogP contribution in [-0.4, -0.2) is 69.7 Å². The van der Waals surface area contributed by atoms with Crippen LogP contribution in [0.4, 0.5) is 5.95 Å². The first kappa shape index (κ1) is 18.7. The highest BCUT2D eigenvalue weighted by molar-refractivity contribution is 7.16. The van der Waals surface area contributed by atoms with Crippen LogP contribution in [0.1, 0.15) is 13.8 Å². The summed E-state index contributed by atoms with van der Waals surface area (Å²) < 4.78 is 1.13. The molecule has 1 fully saturated rings. The number of benzene rings is 1. The Hall–Kier alpha value is -2.65. The van der Waals surface area contributed by atoms with Crippen molar-refractivity contribution in [3.8, 4) is 11.3 Å². The molecule has 8 nitrogen and oxygen atoms in total. The van der Waals surface area contributed by atoms with Gasteiger partial charge in [0.2, 0.25) is 11.9 Å². The fourth-order valence-corrected chi connectivity index (χ4v) is 3.97. The van der Waals surface area contributed by atoms with Crippen LogP contribution in [0.3, 0.4) is 0 Å². The van der Waals surface area contributed by atoms with E-state index in [1.54, 1.807) is 17.5 Å². The number of amides is 1. The van der Waals surface area contributed by atoms with E-state index >= 15 is 0 Å². The molecule has 1 saturated heterocycles. The molecule has 28 heavy (non-hydrogen) atoms. The Bertz CT molecular complexity index is 966. The fraction of sp³-hybridized carbons (Fsp3) is 0.421. The third-order valence-electron chi connectivity index (χ3n) is 4.65. The minimum absolute atomic E-state index is 0.0711. The van der Waals surface area contributed by atoms with Crippen LogP contribution in [-0.2, 0) is 4.79 Å². The number of carbonyl (C=O) groups excluding carboxylic acids is 1. The molecule has 1 aliphatic heterocycles. The van der Waals surface area contributed by atoms with Crippen molar-refractivity contribution in [1.29, 1.82) is 0 Å². The number of hydrogen-bond acceptors (Lipinski definition) is 8. The maximum Gasteiger partial charge on any atom is 0.245 e. The molecule has 0 saturated carbocycles. The number of anilines is 1. The summed E-state index contributed by atoms with van der Waals surface area (Å²) in [7, 11) is 0. The van der Waals surface area contributed by atoms with Gasteiger partial charge >= 0.3 is 0 Å². The number of fused-ring (bicyclic) bond motifs is 1. The number of rotatable bonds is 5. The Morgan fingerprint density at radius 1 is 1.25 bits per heavy atom. The smallest absolute Gasteiger partial charge is 0.245 e. The molecule has 0 aliphatic carbocycles. The number of nitrogens with zero attached hydrogens (tertiary/aromatic N) is 6. The van der Waals surface area contributed by atoms with Crippen LogP contribution in [0.5, 0.6) is 0 Å². The number of aromatic nitrogens is 4. The van der Waals surface area contributed by atoms with Crippen molar-refractivity contribution >= 4 is 33.4 Å². The molecule has 1 N–H and O–H groups in total. The first-order chi connectivity index (χ1) is 13.6. The molecule has 3 aromatic rings. The zero-order valence-electron chi connectivity index (χ0n) is 16.0. The lowest BCUT2D eigenvalue weighted by atomic mass is 10.1. The summed E-state index contributed by atoms with van der Waals surface area (Å²) in [5, 5.41) is 11.3. The van der Waals surface area contributed by atoms with Gasteiger partial charge in [-0.3, -0.25) is 9.69 Å². The van der Waals surface area contributed by atoms with Gasteiger partial charge in [-0.15, -0.1) is 16.4 Å². The highest BCUT2D eigenvalue weighted by Crippen LogP contribution is 2.25. The number of thiazole rings is 1. The SMILES string of the molecule is CC(C)NC(=O)CN1CCN(c2nncc(-c3ccc4ncsc4c3)n2)CC1. The summed E-state index contributed by atoms with van der Waals surface area (Å²) in [5.41, 5.74) is 4.66. The average molecular weight is 398 g/mol. The van der Waals surface area contributed by atoms with Crippen molar-refractivity contribution in [3.05, 3.63) is 29.9 Å². The zero-order chi connectivity index (χ0) is 19.5. The molecular weight excluding hydrogens is 374 g/mol. The van der Waals surface area contributed by atoms with E-state index in [4.69, 9.17) is 4.98 Å². The summed E-state index contributed by atoms with van der Waals surface area (Å²) >= 11 is 1.61. The van der Waals surface area contributed by atoms with E-state index in [2.05, 4.69) is 36.4 Å². The van der Waals surface area contributed by atoms with Crippen molar-refractivity contribution in [1.82, 2.24) is 30.4 Å². The molecule has 0 bridgehead atoms. The normalized spacial score (nSPS) is 15.3. The minimum atomic E-state index is 0.0711. The monoisotopic (exact) mass is 397 g/mol. The van der Waals surface area contributed by atoms with Gasteiger partial charge in [-0.25, -0.2) is 9.97 Å². The van der Waals surface area contributed by atoms with Crippen LogP contribution in [0, 0.1) is 0 Å². The summed E-state index contributed by atoms with van der Waals surface area (Å²) in [6.07, 6.45) is 1.69. The number of hydrogen-bond donors (Lipinski definition) is 1. The van der Waals surface area contributed by atoms with Gasteiger partial charge in [0, 0.05) is 37.8 Å². The third kappa shape index (κ3) is 4.26. The Kier molecular flexibility index (Phi) is 5.45. The predicted octanol–water partition coefficient (Wildman–Crippen LogP) is 1.79. The van der Waals surface area contributed by atoms with E-state index in [0.29, 0.717) is 12.5 Å². The van der Waals surface area contributed by atoms with Crippen molar-refractivity contribution in [2.24, 2.45) is 0 Å². The van der Waals surface area contributed by atoms with Gasteiger partial charge in [-0.05, 0) is 26.0 Å². The Balaban J connectivity index is 1.42. The molecule has 0 spiro atoms. The molecule has 9 heteroatoms. The second kappa shape index (κ2) is 8.15. The van der Waals surface area contributed by atoms with E-state index in [1.807, 2.05) is 31.5 Å². The lowest BCUT2D eigenvalue weighted by molar-refractivity contribution is -0.122. The molecule has 2 aromatic heterocycles. The molecular formula is C19H23N7OS. The van der Waals surface area contributed by atoms with Gasteiger partial charge in [0.25, 0.3) is 0 Å². The molecule has 1 aromatic carbocycles. The molecule has 0 atom stereocenters. The van der Waals surface area contributed by atoms with Crippen LogP contribution >= 0.6 is 11.3 Å². The van der Waals surface area contributed by atoms with Crippen molar-refractivity contribution in [2.45, 2.75) is 19.9 Å².